The second-order valence-corrected chi connectivity index (χ2v) is 4.57. The SMILES string of the molecule is O=C(O)Cc1cccc(NC(=O)OCc2ccccc2)c1O. The third kappa shape index (κ3) is 4.24. The van der Waals surface area contributed by atoms with Gasteiger partial charge in [0.2, 0.25) is 0 Å². The number of anilines is 1. The Labute approximate surface area is 127 Å². The van der Waals surface area contributed by atoms with Crippen LogP contribution in [0.1, 0.15) is 11.1 Å². The van der Waals surface area contributed by atoms with Crippen molar-refractivity contribution >= 4 is 17.7 Å². The number of aliphatic carboxylic acids is 1. The molecular weight excluding hydrogens is 286 g/mol. The highest BCUT2D eigenvalue weighted by atomic mass is 16.5. The molecule has 0 aliphatic heterocycles. The molecule has 6 nitrogen and oxygen atoms in total. The van der Waals surface area contributed by atoms with Gasteiger partial charge in [0.1, 0.15) is 12.4 Å². The molecule has 22 heavy (non-hydrogen) atoms. The summed E-state index contributed by atoms with van der Waals surface area (Å²) in [6, 6.07) is 13.6. The summed E-state index contributed by atoms with van der Waals surface area (Å²) in [5.74, 6) is -1.35. The molecule has 0 atom stereocenters. The maximum Gasteiger partial charge on any atom is 0.412 e. The van der Waals surface area contributed by atoms with Crippen LogP contribution in [-0.2, 0) is 22.6 Å². The van der Waals surface area contributed by atoms with Crippen LogP contribution in [0.15, 0.2) is 48.5 Å². The van der Waals surface area contributed by atoms with E-state index in [1.54, 1.807) is 6.07 Å². The third-order valence-corrected chi connectivity index (χ3v) is 2.91. The first-order valence-electron chi connectivity index (χ1n) is 6.56. The molecule has 2 rings (SSSR count). The summed E-state index contributed by atoms with van der Waals surface area (Å²) in [6.07, 6.45) is -1.06. The molecule has 0 spiro atoms. The zero-order chi connectivity index (χ0) is 15.9. The largest absolute Gasteiger partial charge is 0.505 e. The smallest absolute Gasteiger partial charge is 0.412 e. The van der Waals surface area contributed by atoms with E-state index in [1.165, 1.54) is 12.1 Å². The number of benzene rings is 2. The number of aromatic hydroxyl groups is 1. The number of hydrogen-bond donors (Lipinski definition) is 3. The van der Waals surface area contributed by atoms with Crippen LogP contribution >= 0.6 is 0 Å². The highest BCUT2D eigenvalue weighted by molar-refractivity contribution is 5.87. The maximum atomic E-state index is 11.7. The fraction of sp³-hybridized carbons (Fsp3) is 0.125. The predicted molar refractivity (Wildman–Crippen MR) is 79.7 cm³/mol. The first-order valence-corrected chi connectivity index (χ1v) is 6.56. The lowest BCUT2D eigenvalue weighted by Crippen LogP contribution is -2.14. The van der Waals surface area contributed by atoms with E-state index in [9.17, 15) is 14.7 Å². The van der Waals surface area contributed by atoms with Crippen LogP contribution in [0.25, 0.3) is 0 Å². The number of carboxylic acids is 1. The molecule has 0 heterocycles. The molecule has 0 aliphatic rings. The normalized spacial score (nSPS) is 10.0. The average molecular weight is 301 g/mol. The molecule has 6 heteroatoms. The second-order valence-electron chi connectivity index (χ2n) is 4.57. The Morgan fingerprint density at radius 2 is 1.77 bits per heavy atom. The molecule has 114 valence electrons. The van der Waals surface area contributed by atoms with Crippen LogP contribution in [0.4, 0.5) is 10.5 Å². The molecular formula is C16H15NO5. The molecule has 0 aliphatic carbocycles. The quantitative estimate of drug-likeness (QED) is 0.738. The van der Waals surface area contributed by atoms with E-state index in [4.69, 9.17) is 9.84 Å². The van der Waals surface area contributed by atoms with E-state index in [2.05, 4.69) is 5.32 Å². The zero-order valence-electron chi connectivity index (χ0n) is 11.7. The number of amides is 1. The van der Waals surface area contributed by atoms with Crippen molar-refractivity contribution in [3.05, 3.63) is 59.7 Å². The number of carboxylic acid groups (broad SMARTS) is 1. The Kier molecular flexibility index (Phi) is 4.98. The number of para-hydroxylation sites is 1. The molecule has 0 fully saturated rings. The number of rotatable bonds is 5. The number of hydrogen-bond acceptors (Lipinski definition) is 4. The van der Waals surface area contributed by atoms with Gasteiger partial charge in [-0.1, -0.05) is 42.5 Å². The van der Waals surface area contributed by atoms with Crippen molar-refractivity contribution in [1.29, 1.82) is 0 Å². The first kappa shape index (κ1) is 15.4. The van der Waals surface area contributed by atoms with Crippen LogP contribution in [0.3, 0.4) is 0 Å². The molecule has 0 radical (unpaired) electrons. The molecule has 2 aromatic carbocycles. The Balaban J connectivity index is 1.98. The van der Waals surface area contributed by atoms with Gasteiger partial charge in [-0.3, -0.25) is 10.1 Å². The molecule has 0 saturated heterocycles. The van der Waals surface area contributed by atoms with E-state index in [0.717, 1.165) is 5.56 Å². The Bertz CT molecular complexity index is 669. The van der Waals surface area contributed by atoms with Crippen molar-refractivity contribution in [1.82, 2.24) is 0 Å². The molecule has 0 saturated carbocycles. The summed E-state index contributed by atoms with van der Waals surface area (Å²) >= 11 is 0. The van der Waals surface area contributed by atoms with Crippen molar-refractivity contribution < 1.29 is 24.5 Å². The van der Waals surface area contributed by atoms with Crippen LogP contribution in [0.2, 0.25) is 0 Å². The Hall–Kier alpha value is -3.02. The second kappa shape index (κ2) is 7.12. The van der Waals surface area contributed by atoms with Gasteiger partial charge >= 0.3 is 12.1 Å². The lowest BCUT2D eigenvalue weighted by molar-refractivity contribution is -0.136. The van der Waals surface area contributed by atoms with Crippen molar-refractivity contribution in [2.24, 2.45) is 0 Å². The minimum Gasteiger partial charge on any atom is -0.505 e. The summed E-state index contributed by atoms with van der Waals surface area (Å²) in [4.78, 5) is 22.4. The van der Waals surface area contributed by atoms with E-state index in [-0.39, 0.29) is 30.0 Å². The Morgan fingerprint density at radius 3 is 2.45 bits per heavy atom. The van der Waals surface area contributed by atoms with E-state index in [0.29, 0.717) is 0 Å². The monoisotopic (exact) mass is 301 g/mol. The van der Waals surface area contributed by atoms with Gasteiger partial charge in [0.25, 0.3) is 0 Å². The lowest BCUT2D eigenvalue weighted by Gasteiger charge is -2.10. The summed E-state index contributed by atoms with van der Waals surface area (Å²) < 4.78 is 5.03. The number of carbonyl (C=O) groups excluding carboxylic acids is 1. The van der Waals surface area contributed by atoms with Gasteiger partial charge in [-0.15, -0.1) is 0 Å². The summed E-state index contributed by atoms with van der Waals surface area (Å²) in [5.41, 5.74) is 1.16. The van der Waals surface area contributed by atoms with Crippen LogP contribution in [-0.4, -0.2) is 22.3 Å². The number of phenols is 1. The fourth-order valence-electron chi connectivity index (χ4n) is 1.87. The van der Waals surface area contributed by atoms with Gasteiger partial charge in [0, 0.05) is 5.56 Å². The van der Waals surface area contributed by atoms with E-state index < -0.39 is 12.1 Å². The molecule has 0 bridgehead atoms. The summed E-state index contributed by atoms with van der Waals surface area (Å²) in [6.45, 7) is 0.0995. The van der Waals surface area contributed by atoms with Gasteiger partial charge in [0.15, 0.2) is 0 Å². The topological polar surface area (TPSA) is 95.9 Å². The molecule has 3 N–H and O–H groups in total. The summed E-state index contributed by atoms with van der Waals surface area (Å²) in [5, 5.41) is 21.1. The van der Waals surface area contributed by atoms with Gasteiger partial charge in [-0.25, -0.2) is 4.79 Å². The van der Waals surface area contributed by atoms with Crippen molar-refractivity contribution in [2.45, 2.75) is 13.0 Å². The standard InChI is InChI=1S/C16H15NO5/c18-14(19)9-12-7-4-8-13(15(12)20)17-16(21)22-10-11-5-2-1-3-6-11/h1-8,20H,9-10H2,(H,17,21)(H,18,19). The Morgan fingerprint density at radius 1 is 1.05 bits per heavy atom. The van der Waals surface area contributed by atoms with Crippen LogP contribution < -0.4 is 5.32 Å². The van der Waals surface area contributed by atoms with Crippen molar-refractivity contribution in [2.75, 3.05) is 5.32 Å². The molecule has 0 unspecified atom stereocenters. The fourth-order valence-corrected chi connectivity index (χ4v) is 1.87. The van der Waals surface area contributed by atoms with Gasteiger partial charge in [0.05, 0.1) is 12.1 Å². The van der Waals surface area contributed by atoms with Crippen LogP contribution in [0.5, 0.6) is 5.75 Å². The molecule has 1 amide bonds. The van der Waals surface area contributed by atoms with Crippen molar-refractivity contribution in [3.63, 3.8) is 0 Å². The average Bonchev–Trinajstić information content (AvgIpc) is 2.50. The summed E-state index contributed by atoms with van der Waals surface area (Å²) in [7, 11) is 0. The molecule has 2 aromatic rings. The first-order chi connectivity index (χ1) is 10.6. The number of nitrogens with one attached hydrogen (secondary N) is 1. The minimum absolute atomic E-state index is 0.0995. The highest BCUT2D eigenvalue weighted by Gasteiger charge is 2.12. The maximum absolute atomic E-state index is 11.7. The van der Waals surface area contributed by atoms with Gasteiger partial charge in [-0.2, -0.15) is 0 Å². The van der Waals surface area contributed by atoms with Gasteiger partial charge < -0.3 is 14.9 Å². The zero-order valence-corrected chi connectivity index (χ0v) is 11.7. The van der Waals surface area contributed by atoms with Crippen LogP contribution in [0, 0.1) is 0 Å². The minimum atomic E-state index is -1.07. The van der Waals surface area contributed by atoms with Gasteiger partial charge in [-0.05, 0) is 11.6 Å². The number of ether oxygens (including phenoxy) is 1. The number of carbonyl (C=O) groups is 2. The molecule has 0 aromatic heterocycles. The highest BCUT2D eigenvalue weighted by Crippen LogP contribution is 2.28. The van der Waals surface area contributed by atoms with E-state index >= 15 is 0 Å². The third-order valence-electron chi connectivity index (χ3n) is 2.91. The number of phenolic OH excluding ortho intramolecular Hbond substituents is 1. The lowest BCUT2D eigenvalue weighted by atomic mass is 10.1. The predicted octanol–water partition coefficient (Wildman–Crippen LogP) is 2.77. The van der Waals surface area contributed by atoms with E-state index in [1.807, 2.05) is 30.3 Å². The van der Waals surface area contributed by atoms with Crippen molar-refractivity contribution in [3.8, 4) is 5.75 Å².